The smallest absolute Gasteiger partial charge is 0.329 e. The molecule has 0 bridgehead atoms. The number of hydrogen-bond acceptors (Lipinski definition) is 6. The Hall–Kier alpha value is -4.54. The van der Waals surface area contributed by atoms with E-state index in [9.17, 15) is 18.0 Å². The summed E-state index contributed by atoms with van der Waals surface area (Å²) in [4.78, 5) is 24.3. The predicted octanol–water partition coefficient (Wildman–Crippen LogP) is 4.38. The molecule has 0 saturated carbocycles. The van der Waals surface area contributed by atoms with Gasteiger partial charge in [0.25, 0.3) is 0 Å². The molecule has 4 aromatic rings. The Morgan fingerprint density at radius 3 is 2.13 bits per heavy atom. The molecule has 3 aromatic carbocycles. The summed E-state index contributed by atoms with van der Waals surface area (Å²) in [6.07, 6.45) is 1.23. The van der Waals surface area contributed by atoms with E-state index in [0.29, 0.717) is 11.4 Å². The monoisotopic (exact) mass is 544 g/mol. The fourth-order valence-electron chi connectivity index (χ4n) is 3.62. The summed E-state index contributed by atoms with van der Waals surface area (Å²) in [6.45, 7) is 3.93. The van der Waals surface area contributed by atoms with E-state index in [2.05, 4.69) is 15.8 Å². The maximum Gasteiger partial charge on any atom is 0.329 e. The van der Waals surface area contributed by atoms with E-state index in [1.54, 1.807) is 48.5 Å². The maximum absolute atomic E-state index is 13.5. The van der Waals surface area contributed by atoms with Crippen LogP contribution in [0.1, 0.15) is 28.2 Å². The van der Waals surface area contributed by atoms with Crippen LogP contribution < -0.4 is 10.7 Å². The maximum atomic E-state index is 13.5. The minimum Gasteiger partial charge on any atom is -0.459 e. The number of aryl methyl sites for hydroxylation is 2. The van der Waals surface area contributed by atoms with Gasteiger partial charge in [-0.3, -0.25) is 9.59 Å². The van der Waals surface area contributed by atoms with E-state index < -0.39 is 21.8 Å². The molecule has 2 N–H and O–H groups in total. The van der Waals surface area contributed by atoms with Gasteiger partial charge in [0.1, 0.15) is 11.5 Å². The lowest BCUT2D eigenvalue weighted by molar-refractivity contribution is -0.136. The molecule has 39 heavy (non-hydrogen) atoms. The summed E-state index contributed by atoms with van der Waals surface area (Å²) in [6, 6.07) is 26.2. The van der Waals surface area contributed by atoms with Gasteiger partial charge in [-0.1, -0.05) is 65.7 Å². The molecule has 0 atom stereocenters. The Labute approximate surface area is 227 Å². The third kappa shape index (κ3) is 7.50. The number of sulfonamides is 1. The van der Waals surface area contributed by atoms with Gasteiger partial charge in [-0.2, -0.15) is 9.41 Å². The summed E-state index contributed by atoms with van der Waals surface area (Å²) >= 11 is 0. The zero-order valence-corrected chi connectivity index (χ0v) is 22.3. The van der Waals surface area contributed by atoms with E-state index >= 15 is 0 Å². The molecule has 200 valence electrons. The highest BCUT2D eigenvalue weighted by atomic mass is 32.2. The fraction of sp³-hybridized carbons (Fsp3) is 0.138. The Morgan fingerprint density at radius 1 is 0.821 bits per heavy atom. The largest absolute Gasteiger partial charge is 0.459 e. The molecule has 9 nitrogen and oxygen atoms in total. The summed E-state index contributed by atoms with van der Waals surface area (Å²) < 4.78 is 34.1. The van der Waals surface area contributed by atoms with E-state index in [4.69, 9.17) is 4.42 Å². The Morgan fingerprint density at radius 2 is 1.46 bits per heavy atom. The highest BCUT2D eigenvalue weighted by molar-refractivity contribution is 7.89. The summed E-state index contributed by atoms with van der Waals surface area (Å²) in [5.74, 6) is -1.16. The van der Waals surface area contributed by atoms with Crippen LogP contribution in [0.4, 0.5) is 5.69 Å². The zero-order valence-electron chi connectivity index (χ0n) is 21.5. The number of nitrogens with one attached hydrogen (secondary N) is 2. The second kappa shape index (κ2) is 12.3. The molecule has 1 aromatic heterocycles. The third-order valence-corrected chi connectivity index (χ3v) is 7.55. The van der Waals surface area contributed by atoms with Gasteiger partial charge in [-0.15, -0.1) is 0 Å². The van der Waals surface area contributed by atoms with Crippen LogP contribution in [-0.2, 0) is 32.7 Å². The van der Waals surface area contributed by atoms with Crippen LogP contribution in [0.5, 0.6) is 0 Å². The number of nitrogens with zero attached hydrogens (tertiary/aromatic N) is 2. The number of hydrazone groups is 1. The normalized spacial score (nSPS) is 11.6. The van der Waals surface area contributed by atoms with Gasteiger partial charge in [0.15, 0.2) is 0 Å². The lowest BCUT2D eigenvalue weighted by atomic mass is 10.2. The molecule has 0 fully saturated rings. The van der Waals surface area contributed by atoms with Crippen LogP contribution in [0.15, 0.2) is 105 Å². The van der Waals surface area contributed by atoms with Crippen LogP contribution in [0.25, 0.3) is 0 Å². The minimum absolute atomic E-state index is 0.0236. The number of rotatable bonds is 9. The molecular weight excluding hydrogens is 516 g/mol. The molecule has 4 rings (SSSR count). The Kier molecular flexibility index (Phi) is 8.70. The average molecular weight is 545 g/mol. The van der Waals surface area contributed by atoms with Crippen molar-refractivity contribution in [3.63, 3.8) is 0 Å². The number of furan rings is 1. The Bertz CT molecular complexity index is 1560. The lowest BCUT2D eigenvalue weighted by Gasteiger charge is -2.21. The molecule has 1 heterocycles. The topological polar surface area (TPSA) is 121 Å². The lowest BCUT2D eigenvalue weighted by Crippen LogP contribution is -2.32. The number of hydrogen-bond donors (Lipinski definition) is 2. The molecule has 0 spiro atoms. The first-order chi connectivity index (χ1) is 18.7. The van der Waals surface area contributed by atoms with Crippen LogP contribution in [-0.4, -0.2) is 30.8 Å². The van der Waals surface area contributed by atoms with E-state index in [-0.39, 0.29) is 23.7 Å². The van der Waals surface area contributed by atoms with Crippen molar-refractivity contribution in [3.8, 4) is 0 Å². The summed E-state index contributed by atoms with van der Waals surface area (Å²) in [5, 5.41) is 6.26. The van der Waals surface area contributed by atoms with Crippen molar-refractivity contribution in [2.75, 3.05) is 5.32 Å². The standard InChI is InChI=1S/C29H28N4O5S/c1-21-8-12-24(13-9-21)31-28(34)29(35)32-30-18-25-14-15-26(38-25)20-33(19-23-6-4-3-5-7-23)39(36,37)27-16-10-22(2)11-17-27/h3-18H,19-20H2,1-2H3,(H,31,34)(H,32,35)/b30-18+. The summed E-state index contributed by atoms with van der Waals surface area (Å²) in [7, 11) is -3.83. The molecule has 0 saturated heterocycles. The highest BCUT2D eigenvalue weighted by Gasteiger charge is 2.26. The first kappa shape index (κ1) is 27.5. The van der Waals surface area contributed by atoms with Crippen molar-refractivity contribution >= 4 is 33.7 Å². The van der Waals surface area contributed by atoms with Crippen LogP contribution in [0.3, 0.4) is 0 Å². The molecule has 0 unspecified atom stereocenters. The van der Waals surface area contributed by atoms with Gasteiger partial charge in [0.2, 0.25) is 10.0 Å². The first-order valence-electron chi connectivity index (χ1n) is 12.1. The van der Waals surface area contributed by atoms with Crippen LogP contribution in [0, 0.1) is 13.8 Å². The van der Waals surface area contributed by atoms with Crippen molar-refractivity contribution < 1.29 is 22.4 Å². The third-order valence-electron chi connectivity index (χ3n) is 5.75. The van der Waals surface area contributed by atoms with Crippen molar-refractivity contribution in [2.45, 2.75) is 31.8 Å². The van der Waals surface area contributed by atoms with Gasteiger partial charge < -0.3 is 9.73 Å². The van der Waals surface area contributed by atoms with Crippen molar-refractivity contribution in [3.05, 3.63) is 119 Å². The number of carbonyl (C=O) groups is 2. The van der Waals surface area contributed by atoms with Crippen molar-refractivity contribution in [2.24, 2.45) is 5.10 Å². The highest BCUT2D eigenvalue weighted by Crippen LogP contribution is 2.22. The van der Waals surface area contributed by atoms with Gasteiger partial charge in [-0.05, 0) is 55.8 Å². The van der Waals surface area contributed by atoms with Crippen molar-refractivity contribution in [1.82, 2.24) is 9.73 Å². The molecule has 0 radical (unpaired) electrons. The summed E-state index contributed by atoms with van der Waals surface area (Å²) in [5.41, 5.74) is 5.44. The number of amides is 2. The molecule has 2 amide bonds. The van der Waals surface area contributed by atoms with Crippen molar-refractivity contribution in [1.29, 1.82) is 0 Å². The van der Waals surface area contributed by atoms with Crippen LogP contribution in [0.2, 0.25) is 0 Å². The second-order valence-corrected chi connectivity index (χ2v) is 10.8. The predicted molar refractivity (Wildman–Crippen MR) is 148 cm³/mol. The molecule has 0 aliphatic carbocycles. The molecule has 10 heteroatoms. The minimum atomic E-state index is -3.83. The van der Waals surface area contributed by atoms with Crippen LogP contribution >= 0.6 is 0 Å². The van der Waals surface area contributed by atoms with E-state index in [0.717, 1.165) is 16.7 Å². The van der Waals surface area contributed by atoms with Gasteiger partial charge >= 0.3 is 11.8 Å². The zero-order chi connectivity index (χ0) is 27.8. The second-order valence-electron chi connectivity index (χ2n) is 8.90. The molecule has 0 aliphatic heterocycles. The molecular formula is C29H28N4O5S. The SMILES string of the molecule is Cc1ccc(NC(=O)C(=O)N/N=C/c2ccc(CN(Cc3ccccc3)S(=O)(=O)c3ccc(C)cc3)o2)cc1. The number of anilines is 1. The average Bonchev–Trinajstić information content (AvgIpc) is 3.37. The first-order valence-corrected chi connectivity index (χ1v) is 13.6. The quantitative estimate of drug-likeness (QED) is 0.184. The van der Waals surface area contributed by atoms with Gasteiger partial charge in [-0.25, -0.2) is 13.8 Å². The Balaban J connectivity index is 1.42. The molecule has 0 aliphatic rings. The number of benzene rings is 3. The fourth-order valence-corrected chi connectivity index (χ4v) is 5.02. The van der Waals surface area contributed by atoms with Gasteiger partial charge in [0.05, 0.1) is 17.7 Å². The van der Waals surface area contributed by atoms with Gasteiger partial charge in [0, 0.05) is 12.2 Å². The van der Waals surface area contributed by atoms with E-state index in [1.807, 2.05) is 56.3 Å². The number of carbonyl (C=O) groups excluding carboxylic acids is 2. The van der Waals surface area contributed by atoms with E-state index in [1.165, 1.54) is 10.5 Å².